The van der Waals surface area contributed by atoms with Gasteiger partial charge in [-0.25, -0.2) is 0 Å². The van der Waals surface area contributed by atoms with Crippen LogP contribution in [0.2, 0.25) is 37.8 Å². The van der Waals surface area contributed by atoms with Crippen molar-refractivity contribution in [2.24, 2.45) is 5.92 Å². The summed E-state index contributed by atoms with van der Waals surface area (Å²) in [6.07, 6.45) is 3.99. The van der Waals surface area contributed by atoms with Gasteiger partial charge in [-0.15, -0.1) is 5.54 Å². The highest BCUT2D eigenvalue weighted by molar-refractivity contribution is 6.83. The first kappa shape index (κ1) is 36.6. The van der Waals surface area contributed by atoms with Gasteiger partial charge in [0, 0.05) is 20.1 Å². The number of hydrogen-bond acceptors (Lipinski definition) is 6. The van der Waals surface area contributed by atoms with E-state index in [1.807, 2.05) is 31.2 Å². The second-order valence-corrected chi connectivity index (χ2v) is 23.0. The number of rotatable bonds is 16. The minimum absolute atomic E-state index is 0.0980. The highest BCUT2D eigenvalue weighted by Crippen LogP contribution is 2.37. The van der Waals surface area contributed by atoms with Crippen molar-refractivity contribution in [2.45, 2.75) is 110 Å². The molecule has 228 valence electrons. The second-order valence-electron chi connectivity index (χ2n) is 13.5. The van der Waals surface area contributed by atoms with Crippen molar-refractivity contribution in [3.8, 4) is 17.2 Å². The fourth-order valence-corrected chi connectivity index (χ4v) is 5.32. The van der Waals surface area contributed by atoms with E-state index in [0.717, 1.165) is 11.3 Å². The number of methoxy groups -OCH3 is 2. The highest BCUT2D eigenvalue weighted by Gasteiger charge is 2.38. The van der Waals surface area contributed by atoms with Crippen LogP contribution < -0.4 is 4.74 Å². The molecule has 0 bridgehead atoms. The van der Waals surface area contributed by atoms with Crippen molar-refractivity contribution >= 4 is 16.4 Å². The quantitative estimate of drug-likeness (QED) is 0.0948. The largest absolute Gasteiger partial charge is 0.497 e. The van der Waals surface area contributed by atoms with Crippen LogP contribution in [0.25, 0.3) is 0 Å². The molecule has 0 saturated carbocycles. The Bertz CT molecular complexity index is 953. The predicted molar refractivity (Wildman–Crippen MR) is 171 cm³/mol. The lowest BCUT2D eigenvalue weighted by Gasteiger charge is -2.38. The maximum Gasteiger partial charge on any atom is 0.192 e. The summed E-state index contributed by atoms with van der Waals surface area (Å²) in [6.45, 7) is 23.2. The Balaban J connectivity index is 3.15. The Kier molecular flexibility index (Phi) is 14.9. The Morgan fingerprint density at radius 1 is 1.00 bits per heavy atom. The normalized spacial score (nSPS) is 16.6. The molecule has 0 radical (unpaired) electrons. The first-order valence-corrected chi connectivity index (χ1v) is 20.7. The van der Waals surface area contributed by atoms with Gasteiger partial charge in [-0.2, -0.15) is 0 Å². The maximum absolute atomic E-state index is 10.8. The molecule has 0 amide bonds. The number of ether oxygens (including phenoxy) is 4. The monoisotopic (exact) mass is 592 g/mol. The zero-order valence-electron chi connectivity index (χ0n) is 27.2. The van der Waals surface area contributed by atoms with Crippen molar-refractivity contribution in [1.82, 2.24) is 0 Å². The van der Waals surface area contributed by atoms with Gasteiger partial charge in [-0.05, 0) is 55.1 Å². The lowest BCUT2D eigenvalue weighted by Crippen LogP contribution is -2.45. The van der Waals surface area contributed by atoms with Crippen molar-refractivity contribution in [3.63, 3.8) is 0 Å². The Morgan fingerprint density at radius 3 is 2.15 bits per heavy atom. The first-order valence-electron chi connectivity index (χ1n) is 14.3. The van der Waals surface area contributed by atoms with E-state index in [4.69, 9.17) is 23.4 Å². The van der Waals surface area contributed by atoms with E-state index in [9.17, 15) is 5.11 Å². The number of benzene rings is 1. The Hall–Kier alpha value is -1.45. The summed E-state index contributed by atoms with van der Waals surface area (Å²) in [4.78, 5) is 0. The summed E-state index contributed by atoms with van der Waals surface area (Å²) < 4.78 is 29.7. The number of aliphatic hydroxyl groups is 1. The van der Waals surface area contributed by atoms with E-state index in [-0.39, 0.29) is 17.7 Å². The lowest BCUT2D eigenvalue weighted by atomic mass is 9.89. The molecule has 4 atom stereocenters. The standard InChI is InChI=1S/C32H56O6Si2/c1-26(23-38-40(11,12)31(2,3)4)14-13-20-32(5,37-24-27-15-17-29(35-7)18-16-27)30(36-25-34-6)22-28(33)19-21-39(8,9)10/h13-18,26,28,30,33H,20,22-25H2,1-12H3/b14-13+/t26-,28+,30-,32-/m1/s1. The predicted octanol–water partition coefficient (Wildman–Crippen LogP) is 7.20. The van der Waals surface area contributed by atoms with Crippen molar-refractivity contribution in [1.29, 1.82) is 0 Å². The van der Waals surface area contributed by atoms with E-state index in [1.54, 1.807) is 14.2 Å². The minimum atomic E-state index is -1.81. The average Bonchev–Trinajstić information content (AvgIpc) is 2.86. The molecule has 0 aromatic heterocycles. The van der Waals surface area contributed by atoms with Crippen molar-refractivity contribution < 1.29 is 28.5 Å². The molecule has 1 aromatic carbocycles. The third-order valence-electron chi connectivity index (χ3n) is 7.35. The van der Waals surface area contributed by atoms with E-state index < -0.39 is 34.2 Å². The summed E-state index contributed by atoms with van der Waals surface area (Å²) in [7, 11) is -0.188. The van der Waals surface area contributed by atoms with Gasteiger partial charge in [0.15, 0.2) is 8.32 Å². The van der Waals surface area contributed by atoms with Gasteiger partial charge in [0.1, 0.15) is 26.7 Å². The van der Waals surface area contributed by atoms with Gasteiger partial charge < -0.3 is 28.5 Å². The molecule has 6 nitrogen and oxygen atoms in total. The molecule has 0 aliphatic rings. The van der Waals surface area contributed by atoms with Crippen LogP contribution in [-0.2, 0) is 25.2 Å². The summed E-state index contributed by atoms with van der Waals surface area (Å²) in [5.41, 5.74) is 3.56. The molecule has 0 aliphatic heterocycles. The van der Waals surface area contributed by atoms with Crippen LogP contribution in [0, 0.1) is 17.4 Å². The molecule has 0 saturated heterocycles. The summed E-state index contributed by atoms with van der Waals surface area (Å²) >= 11 is 0. The summed E-state index contributed by atoms with van der Waals surface area (Å²) in [5, 5.41) is 11.0. The van der Waals surface area contributed by atoms with E-state index >= 15 is 0 Å². The zero-order valence-corrected chi connectivity index (χ0v) is 29.2. The third kappa shape index (κ3) is 13.5. The molecule has 0 spiro atoms. The van der Waals surface area contributed by atoms with E-state index in [0.29, 0.717) is 26.1 Å². The van der Waals surface area contributed by atoms with Crippen molar-refractivity contribution in [2.75, 3.05) is 27.6 Å². The van der Waals surface area contributed by atoms with Crippen LogP contribution in [0.4, 0.5) is 0 Å². The van der Waals surface area contributed by atoms with Crippen LogP contribution in [0.1, 0.15) is 53.0 Å². The van der Waals surface area contributed by atoms with Crippen LogP contribution in [0.3, 0.4) is 0 Å². The topological polar surface area (TPSA) is 66.4 Å². The Labute approximate surface area is 246 Å². The minimum Gasteiger partial charge on any atom is -0.497 e. The van der Waals surface area contributed by atoms with Crippen LogP contribution >= 0.6 is 0 Å². The second kappa shape index (κ2) is 16.3. The third-order valence-corrected chi connectivity index (χ3v) is 12.7. The SMILES string of the molecule is COCO[C@H](C[C@@H](O)C#C[Si](C)(C)C)[C@@](C)(C/C=C/[C@@H](C)CO[Si](C)(C)C(C)(C)C)OCc1ccc(OC)cc1. The Morgan fingerprint density at radius 2 is 1.62 bits per heavy atom. The number of aliphatic hydroxyl groups excluding tert-OH is 1. The molecule has 1 rings (SSSR count). The summed E-state index contributed by atoms with van der Waals surface area (Å²) in [5.74, 6) is 4.11. The molecule has 1 N–H and O–H groups in total. The maximum atomic E-state index is 10.8. The van der Waals surface area contributed by atoms with Gasteiger partial charge in [-0.3, -0.25) is 0 Å². The van der Waals surface area contributed by atoms with Gasteiger partial charge >= 0.3 is 0 Å². The summed E-state index contributed by atoms with van der Waals surface area (Å²) in [6, 6.07) is 7.84. The van der Waals surface area contributed by atoms with E-state index in [2.05, 4.69) is 84.0 Å². The van der Waals surface area contributed by atoms with Crippen LogP contribution in [0.15, 0.2) is 36.4 Å². The molecule has 0 fully saturated rings. The van der Waals surface area contributed by atoms with Crippen LogP contribution in [0.5, 0.6) is 5.75 Å². The smallest absolute Gasteiger partial charge is 0.192 e. The molecule has 1 aromatic rings. The molecule has 40 heavy (non-hydrogen) atoms. The molecule has 0 heterocycles. The molecular formula is C32H56O6Si2. The first-order chi connectivity index (χ1) is 18.4. The fourth-order valence-electron chi connectivity index (χ4n) is 3.60. The highest BCUT2D eigenvalue weighted by atomic mass is 28.4. The molecule has 0 unspecified atom stereocenters. The van der Waals surface area contributed by atoms with E-state index in [1.165, 1.54) is 0 Å². The number of hydrogen-bond donors (Lipinski definition) is 1. The average molecular weight is 593 g/mol. The van der Waals surface area contributed by atoms with Gasteiger partial charge in [0.2, 0.25) is 0 Å². The van der Waals surface area contributed by atoms with Gasteiger partial charge in [0.05, 0.1) is 25.4 Å². The fraction of sp³-hybridized carbons (Fsp3) is 0.688. The zero-order chi connectivity index (χ0) is 30.6. The van der Waals surface area contributed by atoms with Gasteiger partial charge in [-0.1, -0.05) is 77.5 Å². The van der Waals surface area contributed by atoms with Crippen LogP contribution in [-0.4, -0.2) is 66.9 Å². The molecule has 8 heteroatoms. The molecule has 0 aliphatic carbocycles. The lowest BCUT2D eigenvalue weighted by molar-refractivity contribution is -0.181. The van der Waals surface area contributed by atoms with Crippen molar-refractivity contribution in [3.05, 3.63) is 42.0 Å². The van der Waals surface area contributed by atoms with Gasteiger partial charge in [0.25, 0.3) is 0 Å². The molecular weight excluding hydrogens is 537 g/mol.